The van der Waals surface area contributed by atoms with Gasteiger partial charge in [0.1, 0.15) is 12.0 Å². The van der Waals surface area contributed by atoms with Crippen LogP contribution in [-0.4, -0.2) is 13.4 Å². The quantitative estimate of drug-likeness (QED) is 0.771. The Morgan fingerprint density at radius 1 is 1.22 bits per heavy atom. The molecule has 2 rings (SSSR count). The molecule has 18 heavy (non-hydrogen) atoms. The fourth-order valence-electron chi connectivity index (χ4n) is 1.77. The molecule has 0 aromatic heterocycles. The second-order valence-electron chi connectivity index (χ2n) is 3.77. The van der Waals surface area contributed by atoms with Gasteiger partial charge in [-0.05, 0) is 29.8 Å². The first-order valence-corrected chi connectivity index (χ1v) is 5.42. The molecule has 3 nitrogen and oxygen atoms in total. The van der Waals surface area contributed by atoms with E-state index in [4.69, 9.17) is 10.00 Å². The fourth-order valence-corrected chi connectivity index (χ4v) is 1.77. The summed E-state index contributed by atoms with van der Waals surface area (Å²) in [5.41, 5.74) is 2.73. The Morgan fingerprint density at radius 2 is 2.06 bits per heavy atom. The SMILES string of the molecule is COc1ccc(C#N)c(-c2cccc(C=O)c2)c1. The van der Waals surface area contributed by atoms with Crippen LogP contribution in [0.25, 0.3) is 11.1 Å². The summed E-state index contributed by atoms with van der Waals surface area (Å²) in [6.45, 7) is 0. The van der Waals surface area contributed by atoms with Gasteiger partial charge in [0.05, 0.1) is 18.7 Å². The average Bonchev–Trinajstić information content (AvgIpc) is 2.46. The van der Waals surface area contributed by atoms with E-state index in [-0.39, 0.29) is 0 Å². The first-order valence-electron chi connectivity index (χ1n) is 5.42. The predicted molar refractivity (Wildman–Crippen MR) is 68.5 cm³/mol. The molecular formula is C15H11NO2. The highest BCUT2D eigenvalue weighted by atomic mass is 16.5. The summed E-state index contributed by atoms with van der Waals surface area (Å²) in [6, 6.07) is 14.5. The lowest BCUT2D eigenvalue weighted by Crippen LogP contribution is -1.89. The Kier molecular flexibility index (Phi) is 3.40. The Hall–Kier alpha value is -2.60. The highest BCUT2D eigenvalue weighted by molar-refractivity contribution is 5.80. The summed E-state index contributed by atoms with van der Waals surface area (Å²) in [4.78, 5) is 10.8. The van der Waals surface area contributed by atoms with E-state index in [1.807, 2.05) is 6.07 Å². The van der Waals surface area contributed by atoms with Crippen LogP contribution in [0.2, 0.25) is 0 Å². The maximum atomic E-state index is 10.8. The number of aldehydes is 1. The van der Waals surface area contributed by atoms with Crippen molar-refractivity contribution in [2.24, 2.45) is 0 Å². The maximum Gasteiger partial charge on any atom is 0.150 e. The van der Waals surface area contributed by atoms with Crippen molar-refractivity contribution in [3.8, 4) is 22.9 Å². The van der Waals surface area contributed by atoms with Crippen LogP contribution in [0.3, 0.4) is 0 Å². The number of methoxy groups -OCH3 is 1. The van der Waals surface area contributed by atoms with E-state index in [0.29, 0.717) is 16.9 Å². The molecule has 0 fully saturated rings. The number of carbonyl (C=O) groups is 1. The minimum absolute atomic E-state index is 0.554. The molecule has 0 radical (unpaired) electrons. The molecule has 0 unspecified atom stereocenters. The molecular weight excluding hydrogens is 226 g/mol. The van der Waals surface area contributed by atoms with Gasteiger partial charge in [0.25, 0.3) is 0 Å². The van der Waals surface area contributed by atoms with Crippen LogP contribution >= 0.6 is 0 Å². The number of hydrogen-bond acceptors (Lipinski definition) is 3. The molecule has 0 aliphatic heterocycles. The maximum absolute atomic E-state index is 10.8. The zero-order valence-electron chi connectivity index (χ0n) is 9.88. The molecule has 0 amide bonds. The standard InChI is InChI=1S/C15H11NO2/c1-18-14-6-5-13(9-16)15(8-14)12-4-2-3-11(7-12)10-17/h2-8,10H,1H3. The van der Waals surface area contributed by atoms with Gasteiger partial charge < -0.3 is 4.74 Å². The zero-order chi connectivity index (χ0) is 13.0. The van der Waals surface area contributed by atoms with Gasteiger partial charge in [-0.3, -0.25) is 4.79 Å². The second-order valence-corrected chi connectivity index (χ2v) is 3.77. The van der Waals surface area contributed by atoms with Gasteiger partial charge >= 0.3 is 0 Å². The van der Waals surface area contributed by atoms with Gasteiger partial charge in [0, 0.05) is 11.1 Å². The number of nitrogens with zero attached hydrogens (tertiary/aromatic N) is 1. The van der Waals surface area contributed by atoms with Crippen molar-refractivity contribution in [2.45, 2.75) is 0 Å². The van der Waals surface area contributed by atoms with Crippen molar-refractivity contribution >= 4 is 6.29 Å². The molecule has 2 aromatic carbocycles. The summed E-state index contributed by atoms with van der Waals surface area (Å²) >= 11 is 0. The molecule has 0 saturated carbocycles. The van der Waals surface area contributed by atoms with Crippen molar-refractivity contribution in [3.05, 3.63) is 53.6 Å². The van der Waals surface area contributed by atoms with Crippen LogP contribution in [0.15, 0.2) is 42.5 Å². The number of rotatable bonds is 3. The Balaban J connectivity index is 2.61. The molecule has 0 aliphatic rings. The lowest BCUT2D eigenvalue weighted by molar-refractivity contribution is 0.112. The van der Waals surface area contributed by atoms with Crippen molar-refractivity contribution in [3.63, 3.8) is 0 Å². The molecule has 3 heteroatoms. The summed E-state index contributed by atoms with van der Waals surface area (Å²) in [5.74, 6) is 0.681. The minimum Gasteiger partial charge on any atom is -0.497 e. The third-order valence-electron chi connectivity index (χ3n) is 2.68. The summed E-state index contributed by atoms with van der Waals surface area (Å²) in [7, 11) is 1.58. The Labute approximate surface area is 105 Å². The average molecular weight is 237 g/mol. The zero-order valence-corrected chi connectivity index (χ0v) is 9.88. The van der Waals surface area contributed by atoms with E-state index in [0.717, 1.165) is 17.4 Å². The molecule has 0 atom stereocenters. The van der Waals surface area contributed by atoms with Crippen molar-refractivity contribution in [1.82, 2.24) is 0 Å². The van der Waals surface area contributed by atoms with E-state index in [1.165, 1.54) is 0 Å². The third-order valence-corrected chi connectivity index (χ3v) is 2.68. The Bertz CT molecular complexity index is 627. The first kappa shape index (κ1) is 11.9. The van der Waals surface area contributed by atoms with E-state index in [9.17, 15) is 4.79 Å². The predicted octanol–water partition coefficient (Wildman–Crippen LogP) is 3.05. The molecule has 0 bridgehead atoms. The number of carbonyl (C=O) groups excluding carboxylic acids is 1. The lowest BCUT2D eigenvalue weighted by Gasteiger charge is -2.07. The summed E-state index contributed by atoms with van der Waals surface area (Å²) in [5, 5.41) is 9.11. The summed E-state index contributed by atoms with van der Waals surface area (Å²) in [6.07, 6.45) is 0.787. The number of benzene rings is 2. The van der Waals surface area contributed by atoms with Gasteiger partial charge in [-0.1, -0.05) is 18.2 Å². The van der Waals surface area contributed by atoms with Crippen LogP contribution in [0.1, 0.15) is 15.9 Å². The van der Waals surface area contributed by atoms with Crippen LogP contribution < -0.4 is 4.74 Å². The van der Waals surface area contributed by atoms with Crippen molar-refractivity contribution < 1.29 is 9.53 Å². The summed E-state index contributed by atoms with van der Waals surface area (Å²) < 4.78 is 5.15. The van der Waals surface area contributed by atoms with E-state index in [2.05, 4.69) is 6.07 Å². The topological polar surface area (TPSA) is 50.1 Å². The van der Waals surface area contributed by atoms with Crippen LogP contribution in [-0.2, 0) is 0 Å². The molecule has 88 valence electrons. The van der Waals surface area contributed by atoms with Crippen LogP contribution in [0.5, 0.6) is 5.75 Å². The van der Waals surface area contributed by atoms with Gasteiger partial charge in [-0.2, -0.15) is 5.26 Å². The first-order chi connectivity index (χ1) is 8.78. The number of ether oxygens (including phenoxy) is 1. The van der Waals surface area contributed by atoms with Gasteiger partial charge in [0.15, 0.2) is 0 Å². The number of hydrogen-bond donors (Lipinski definition) is 0. The van der Waals surface area contributed by atoms with Crippen molar-refractivity contribution in [1.29, 1.82) is 5.26 Å². The molecule has 0 aliphatic carbocycles. The monoisotopic (exact) mass is 237 g/mol. The Morgan fingerprint density at radius 3 is 2.72 bits per heavy atom. The molecule has 0 saturated heterocycles. The number of nitriles is 1. The smallest absolute Gasteiger partial charge is 0.150 e. The van der Waals surface area contributed by atoms with Gasteiger partial charge in [-0.15, -0.1) is 0 Å². The van der Waals surface area contributed by atoms with E-state index >= 15 is 0 Å². The van der Waals surface area contributed by atoms with Crippen molar-refractivity contribution in [2.75, 3.05) is 7.11 Å². The second kappa shape index (κ2) is 5.15. The van der Waals surface area contributed by atoms with E-state index in [1.54, 1.807) is 43.5 Å². The highest BCUT2D eigenvalue weighted by Gasteiger charge is 2.07. The van der Waals surface area contributed by atoms with E-state index < -0.39 is 0 Å². The van der Waals surface area contributed by atoms with Crippen LogP contribution in [0.4, 0.5) is 0 Å². The third kappa shape index (κ3) is 2.23. The fraction of sp³-hybridized carbons (Fsp3) is 0.0667. The lowest BCUT2D eigenvalue weighted by atomic mass is 9.98. The van der Waals surface area contributed by atoms with Gasteiger partial charge in [0.2, 0.25) is 0 Å². The molecule has 2 aromatic rings. The van der Waals surface area contributed by atoms with Gasteiger partial charge in [-0.25, -0.2) is 0 Å². The highest BCUT2D eigenvalue weighted by Crippen LogP contribution is 2.28. The molecule has 0 heterocycles. The molecule has 0 spiro atoms. The largest absolute Gasteiger partial charge is 0.497 e. The van der Waals surface area contributed by atoms with Crippen LogP contribution in [0, 0.1) is 11.3 Å². The molecule has 0 N–H and O–H groups in total. The normalized spacial score (nSPS) is 9.56. The minimum atomic E-state index is 0.554.